The molecular weight excluding hydrogens is 304 g/mol. The van der Waals surface area contributed by atoms with Gasteiger partial charge in [-0.2, -0.15) is 0 Å². The first-order valence-electron chi connectivity index (χ1n) is 9.44. The third kappa shape index (κ3) is 4.45. The number of nitrogens with one attached hydrogen (secondary N) is 1. The van der Waals surface area contributed by atoms with Crippen molar-refractivity contribution >= 4 is 17.1 Å². The Bertz CT molecular complexity index is 722. The van der Waals surface area contributed by atoms with Gasteiger partial charge < -0.3 is 5.41 Å². The van der Waals surface area contributed by atoms with Gasteiger partial charge in [-0.05, 0) is 43.4 Å². The third-order valence-electron chi connectivity index (χ3n) is 5.27. The average Bonchev–Trinajstić information content (AvgIpc) is 2.68. The zero-order chi connectivity index (χ0) is 17.6. The molecule has 1 N–H and O–H groups in total. The Morgan fingerprint density at radius 3 is 2.24 bits per heavy atom. The highest BCUT2D eigenvalue weighted by atomic mass is 14.8. The molecular formula is C23H28N2. The minimum Gasteiger partial charge on any atom is -0.309 e. The molecule has 1 unspecified atom stereocenters. The lowest BCUT2D eigenvalue weighted by atomic mass is 9.79. The summed E-state index contributed by atoms with van der Waals surface area (Å²) in [5, 5.41) is 8.79. The van der Waals surface area contributed by atoms with Crippen LogP contribution in [0.15, 0.2) is 59.6 Å². The predicted octanol–water partition coefficient (Wildman–Crippen LogP) is 6.35. The van der Waals surface area contributed by atoms with Crippen LogP contribution in [0.3, 0.4) is 0 Å². The molecule has 0 radical (unpaired) electrons. The number of aryl methyl sites for hydroxylation is 1. The van der Waals surface area contributed by atoms with E-state index < -0.39 is 0 Å². The first-order valence-corrected chi connectivity index (χ1v) is 9.44. The number of aliphatic imine (C=N–C) groups is 1. The maximum atomic E-state index is 8.79. The van der Waals surface area contributed by atoms with Gasteiger partial charge in [0.1, 0.15) is 0 Å². The van der Waals surface area contributed by atoms with Gasteiger partial charge in [-0.25, -0.2) is 0 Å². The van der Waals surface area contributed by atoms with Crippen LogP contribution in [0.5, 0.6) is 0 Å². The van der Waals surface area contributed by atoms with E-state index in [4.69, 9.17) is 10.4 Å². The minimum absolute atomic E-state index is 0.0480. The molecule has 0 spiro atoms. The lowest BCUT2D eigenvalue weighted by Crippen LogP contribution is -2.29. The molecule has 0 aromatic heterocycles. The van der Waals surface area contributed by atoms with Gasteiger partial charge in [-0.3, -0.25) is 4.99 Å². The van der Waals surface area contributed by atoms with Gasteiger partial charge >= 0.3 is 0 Å². The van der Waals surface area contributed by atoms with Crippen LogP contribution in [0.2, 0.25) is 0 Å². The Hall–Kier alpha value is -2.22. The van der Waals surface area contributed by atoms with Crippen LogP contribution in [0.1, 0.15) is 50.2 Å². The SMILES string of the molecule is Cc1ccc(N=C(c2ccccc2)C(C)C(=N)C2CCCCC2)cc1. The maximum Gasteiger partial charge on any atom is 0.0633 e. The summed E-state index contributed by atoms with van der Waals surface area (Å²) in [6, 6.07) is 18.7. The fourth-order valence-corrected chi connectivity index (χ4v) is 3.69. The molecule has 0 bridgehead atoms. The van der Waals surface area contributed by atoms with Crippen LogP contribution in [0.25, 0.3) is 0 Å². The van der Waals surface area contributed by atoms with Crippen LogP contribution >= 0.6 is 0 Å². The summed E-state index contributed by atoms with van der Waals surface area (Å²) >= 11 is 0. The Morgan fingerprint density at radius 2 is 1.60 bits per heavy atom. The third-order valence-corrected chi connectivity index (χ3v) is 5.27. The number of hydrogen-bond donors (Lipinski definition) is 1. The summed E-state index contributed by atoms with van der Waals surface area (Å²) in [5.74, 6) is 0.475. The molecule has 1 fully saturated rings. The summed E-state index contributed by atoms with van der Waals surface area (Å²) in [6.45, 7) is 4.24. The van der Waals surface area contributed by atoms with E-state index in [1.54, 1.807) is 0 Å². The Kier molecular flexibility index (Phi) is 5.80. The molecule has 0 heterocycles. The van der Waals surface area contributed by atoms with E-state index in [2.05, 4.69) is 62.4 Å². The standard InChI is InChI=1S/C23H28N2/c1-17-13-15-21(16-14-17)25-23(20-11-7-4-8-12-20)18(2)22(24)19-9-5-3-6-10-19/h4,7-8,11-16,18-19,24H,3,5-6,9-10H2,1-2H3. The monoisotopic (exact) mass is 332 g/mol. The summed E-state index contributed by atoms with van der Waals surface area (Å²) < 4.78 is 0. The highest BCUT2D eigenvalue weighted by Gasteiger charge is 2.26. The molecule has 2 heteroatoms. The molecule has 2 nitrogen and oxygen atoms in total. The quantitative estimate of drug-likeness (QED) is 0.619. The molecule has 1 atom stereocenters. The molecule has 1 saturated carbocycles. The van der Waals surface area contributed by atoms with Gasteiger partial charge in [-0.1, -0.05) is 74.2 Å². The molecule has 1 aliphatic rings. The van der Waals surface area contributed by atoms with Gasteiger partial charge in [0.25, 0.3) is 0 Å². The van der Waals surface area contributed by atoms with Crippen LogP contribution in [0.4, 0.5) is 5.69 Å². The van der Waals surface area contributed by atoms with Crippen molar-refractivity contribution in [2.24, 2.45) is 16.8 Å². The Labute approximate surface area is 151 Å². The van der Waals surface area contributed by atoms with Crippen molar-refractivity contribution in [2.75, 3.05) is 0 Å². The second-order valence-electron chi connectivity index (χ2n) is 7.21. The van der Waals surface area contributed by atoms with Gasteiger partial charge in [0.2, 0.25) is 0 Å². The van der Waals surface area contributed by atoms with Gasteiger partial charge in [0.15, 0.2) is 0 Å². The highest BCUT2D eigenvalue weighted by Crippen LogP contribution is 2.29. The van der Waals surface area contributed by atoms with Crippen LogP contribution in [-0.4, -0.2) is 11.4 Å². The molecule has 130 valence electrons. The largest absolute Gasteiger partial charge is 0.309 e. The van der Waals surface area contributed by atoms with Crippen molar-refractivity contribution in [3.63, 3.8) is 0 Å². The maximum absolute atomic E-state index is 8.79. The topological polar surface area (TPSA) is 36.2 Å². The second kappa shape index (κ2) is 8.24. The first kappa shape index (κ1) is 17.6. The molecule has 2 aromatic rings. The number of hydrogen-bond acceptors (Lipinski definition) is 2. The van der Waals surface area contributed by atoms with Gasteiger partial charge in [0, 0.05) is 11.6 Å². The zero-order valence-corrected chi connectivity index (χ0v) is 15.3. The van der Waals surface area contributed by atoms with E-state index in [0.717, 1.165) is 35.5 Å². The van der Waals surface area contributed by atoms with Crippen molar-refractivity contribution in [1.29, 1.82) is 5.41 Å². The van der Waals surface area contributed by atoms with Crippen molar-refractivity contribution in [3.05, 3.63) is 65.7 Å². The Morgan fingerprint density at radius 1 is 0.960 bits per heavy atom. The van der Waals surface area contributed by atoms with E-state index in [1.807, 2.05) is 6.07 Å². The van der Waals surface area contributed by atoms with Gasteiger partial charge in [0.05, 0.1) is 11.4 Å². The van der Waals surface area contributed by atoms with E-state index in [0.29, 0.717) is 5.92 Å². The molecule has 25 heavy (non-hydrogen) atoms. The van der Waals surface area contributed by atoms with Crippen LogP contribution in [-0.2, 0) is 0 Å². The highest BCUT2D eigenvalue weighted by molar-refractivity contribution is 6.15. The van der Waals surface area contributed by atoms with Crippen LogP contribution < -0.4 is 0 Å². The zero-order valence-electron chi connectivity index (χ0n) is 15.3. The molecule has 3 rings (SSSR count). The fourth-order valence-electron chi connectivity index (χ4n) is 3.69. The molecule has 0 aliphatic heterocycles. The second-order valence-corrected chi connectivity index (χ2v) is 7.21. The van der Waals surface area contributed by atoms with Crippen molar-refractivity contribution in [3.8, 4) is 0 Å². The van der Waals surface area contributed by atoms with Crippen molar-refractivity contribution < 1.29 is 0 Å². The van der Waals surface area contributed by atoms with E-state index in [1.165, 1.54) is 24.8 Å². The van der Waals surface area contributed by atoms with E-state index >= 15 is 0 Å². The summed E-state index contributed by atoms with van der Waals surface area (Å²) in [4.78, 5) is 4.96. The minimum atomic E-state index is 0.0480. The molecule has 2 aromatic carbocycles. The van der Waals surface area contributed by atoms with E-state index in [9.17, 15) is 0 Å². The number of rotatable bonds is 5. The molecule has 0 saturated heterocycles. The lowest BCUT2D eigenvalue weighted by Gasteiger charge is -2.27. The Balaban J connectivity index is 1.93. The summed E-state index contributed by atoms with van der Waals surface area (Å²) in [7, 11) is 0. The van der Waals surface area contributed by atoms with Crippen LogP contribution in [0, 0.1) is 24.2 Å². The molecule has 1 aliphatic carbocycles. The van der Waals surface area contributed by atoms with E-state index in [-0.39, 0.29) is 5.92 Å². The summed E-state index contributed by atoms with van der Waals surface area (Å²) in [5.41, 5.74) is 5.20. The first-order chi connectivity index (χ1) is 12.1. The number of benzene rings is 2. The van der Waals surface area contributed by atoms with Gasteiger partial charge in [-0.15, -0.1) is 0 Å². The number of nitrogens with zero attached hydrogens (tertiary/aromatic N) is 1. The predicted molar refractivity (Wildman–Crippen MR) is 107 cm³/mol. The molecule has 0 amide bonds. The average molecular weight is 332 g/mol. The fraction of sp³-hybridized carbons (Fsp3) is 0.391. The summed E-state index contributed by atoms with van der Waals surface area (Å²) in [6.07, 6.45) is 6.16. The smallest absolute Gasteiger partial charge is 0.0633 e. The lowest BCUT2D eigenvalue weighted by molar-refractivity contribution is 0.431. The van der Waals surface area contributed by atoms with Crippen molar-refractivity contribution in [2.45, 2.75) is 46.0 Å². The normalized spacial score (nSPS) is 17.3. The van der Waals surface area contributed by atoms with Crippen molar-refractivity contribution in [1.82, 2.24) is 0 Å².